The number of ether oxygens (including phenoxy) is 2. The van der Waals surface area contributed by atoms with Crippen LogP contribution in [0.4, 0.5) is 4.79 Å². The molecule has 4 heteroatoms. The quantitative estimate of drug-likeness (QED) is 0.665. The van der Waals surface area contributed by atoms with E-state index in [9.17, 15) is 4.79 Å². The molecule has 0 spiro atoms. The number of carbonyl (C=O) groups excluding carboxylic acids is 1. The first kappa shape index (κ1) is 11.8. The first-order valence-electron chi connectivity index (χ1n) is 4.90. The lowest BCUT2D eigenvalue weighted by Gasteiger charge is -2.41. The molecule has 4 nitrogen and oxygen atoms in total. The van der Waals surface area contributed by atoms with Gasteiger partial charge in [-0.2, -0.15) is 0 Å². The molecule has 1 fully saturated rings. The van der Waals surface area contributed by atoms with E-state index in [2.05, 4.69) is 13.2 Å². The van der Waals surface area contributed by atoms with E-state index in [0.717, 1.165) is 0 Å². The van der Waals surface area contributed by atoms with Crippen molar-refractivity contribution >= 4 is 6.09 Å². The van der Waals surface area contributed by atoms with E-state index in [1.54, 1.807) is 17.1 Å². The highest BCUT2D eigenvalue weighted by molar-refractivity contribution is 5.69. The summed E-state index contributed by atoms with van der Waals surface area (Å²) in [5, 5.41) is 0. The highest BCUT2D eigenvalue weighted by Crippen LogP contribution is 2.21. The summed E-state index contributed by atoms with van der Waals surface area (Å²) >= 11 is 0. The van der Waals surface area contributed by atoms with E-state index >= 15 is 0 Å². The van der Waals surface area contributed by atoms with Gasteiger partial charge in [0.15, 0.2) is 0 Å². The maximum absolute atomic E-state index is 11.7. The van der Waals surface area contributed by atoms with Crippen LogP contribution in [0.25, 0.3) is 0 Å². The summed E-state index contributed by atoms with van der Waals surface area (Å²) in [7, 11) is 0. The largest absolute Gasteiger partial charge is 0.445 e. The zero-order chi connectivity index (χ0) is 11.3. The lowest BCUT2D eigenvalue weighted by molar-refractivity contribution is -0.0314. The zero-order valence-electron chi connectivity index (χ0n) is 9.07. The molecule has 0 N–H and O–H groups in total. The van der Waals surface area contributed by atoms with Crippen LogP contribution in [0, 0.1) is 0 Å². The monoisotopic (exact) mass is 211 g/mol. The van der Waals surface area contributed by atoms with Gasteiger partial charge in [0.25, 0.3) is 0 Å². The summed E-state index contributed by atoms with van der Waals surface area (Å²) in [4.78, 5) is 13.3. The van der Waals surface area contributed by atoms with Gasteiger partial charge in [-0.3, -0.25) is 4.90 Å². The molecule has 0 aromatic rings. The van der Waals surface area contributed by atoms with Gasteiger partial charge in [0.2, 0.25) is 0 Å². The predicted molar refractivity (Wildman–Crippen MR) is 57.7 cm³/mol. The maximum atomic E-state index is 11.7. The molecule has 1 aliphatic heterocycles. The van der Waals surface area contributed by atoms with E-state index in [-0.39, 0.29) is 12.7 Å². The Balaban J connectivity index is 2.67. The van der Waals surface area contributed by atoms with Gasteiger partial charge >= 0.3 is 6.09 Å². The summed E-state index contributed by atoms with van der Waals surface area (Å²) in [6, 6.07) is 0. The number of morpholine rings is 1. The number of hydrogen-bond donors (Lipinski definition) is 0. The number of carbonyl (C=O) groups is 1. The van der Waals surface area contributed by atoms with Crippen LogP contribution in [0.5, 0.6) is 0 Å². The minimum absolute atomic E-state index is 0.226. The molecule has 0 aliphatic carbocycles. The fourth-order valence-electron chi connectivity index (χ4n) is 1.45. The number of rotatable bonds is 3. The molecule has 0 aromatic heterocycles. The topological polar surface area (TPSA) is 38.8 Å². The highest BCUT2D eigenvalue weighted by atomic mass is 16.6. The highest BCUT2D eigenvalue weighted by Gasteiger charge is 2.36. The summed E-state index contributed by atoms with van der Waals surface area (Å²) in [6.45, 7) is 10.9. The molecule has 0 bridgehead atoms. The first-order valence-corrected chi connectivity index (χ1v) is 4.90. The Morgan fingerprint density at radius 1 is 1.67 bits per heavy atom. The van der Waals surface area contributed by atoms with Crippen molar-refractivity contribution in [3.63, 3.8) is 0 Å². The molecule has 1 rings (SSSR count). The van der Waals surface area contributed by atoms with Gasteiger partial charge in [-0.15, -0.1) is 6.58 Å². The van der Waals surface area contributed by atoms with Crippen LogP contribution in [0.15, 0.2) is 25.3 Å². The molecule has 1 amide bonds. The molecule has 1 atom stereocenters. The van der Waals surface area contributed by atoms with Gasteiger partial charge in [-0.05, 0) is 6.92 Å². The van der Waals surface area contributed by atoms with Gasteiger partial charge < -0.3 is 9.47 Å². The van der Waals surface area contributed by atoms with Crippen molar-refractivity contribution in [3.8, 4) is 0 Å². The van der Waals surface area contributed by atoms with Gasteiger partial charge in [0.1, 0.15) is 6.61 Å². The Bertz CT molecular complexity index is 265. The Kier molecular flexibility index (Phi) is 3.91. The standard InChI is InChI=1S/C11H17NO3/c1-4-7-15-10(13)12-6-8-14-9-11(12,3)5-2/h4-5H,1-2,6-9H2,3H3. The van der Waals surface area contributed by atoms with Crippen molar-refractivity contribution < 1.29 is 14.3 Å². The second-order valence-electron chi connectivity index (χ2n) is 3.63. The SMILES string of the molecule is C=CCOC(=O)N1CCOCC1(C)C=C. The van der Waals surface area contributed by atoms with Crippen molar-refractivity contribution in [1.29, 1.82) is 0 Å². The molecule has 1 aliphatic rings. The summed E-state index contributed by atoms with van der Waals surface area (Å²) in [6.07, 6.45) is 2.91. The Morgan fingerprint density at radius 3 is 3.00 bits per heavy atom. The summed E-state index contributed by atoms with van der Waals surface area (Å²) in [5.41, 5.74) is -0.476. The van der Waals surface area contributed by atoms with E-state index in [0.29, 0.717) is 19.8 Å². The lowest BCUT2D eigenvalue weighted by Crippen LogP contribution is -2.56. The first-order chi connectivity index (χ1) is 7.14. The summed E-state index contributed by atoms with van der Waals surface area (Å²) in [5.74, 6) is 0. The van der Waals surface area contributed by atoms with Crippen molar-refractivity contribution in [2.75, 3.05) is 26.4 Å². The number of nitrogens with zero attached hydrogens (tertiary/aromatic N) is 1. The van der Waals surface area contributed by atoms with Crippen molar-refractivity contribution in [3.05, 3.63) is 25.3 Å². The minimum Gasteiger partial charge on any atom is -0.445 e. The molecule has 1 heterocycles. The minimum atomic E-state index is -0.476. The second kappa shape index (κ2) is 4.98. The van der Waals surface area contributed by atoms with Gasteiger partial charge in [-0.1, -0.05) is 18.7 Å². The Hall–Kier alpha value is -1.29. The molecule has 0 aromatic carbocycles. The number of amides is 1. The molecular weight excluding hydrogens is 194 g/mol. The van der Waals surface area contributed by atoms with E-state index < -0.39 is 5.54 Å². The van der Waals surface area contributed by atoms with Crippen molar-refractivity contribution in [2.45, 2.75) is 12.5 Å². The van der Waals surface area contributed by atoms with Crippen LogP contribution < -0.4 is 0 Å². The third kappa shape index (κ3) is 2.59. The molecular formula is C11H17NO3. The van der Waals surface area contributed by atoms with E-state index in [1.807, 2.05) is 6.92 Å². The van der Waals surface area contributed by atoms with Crippen LogP contribution in [0.1, 0.15) is 6.92 Å². The fourth-order valence-corrected chi connectivity index (χ4v) is 1.45. The van der Waals surface area contributed by atoms with Crippen LogP contribution in [0.3, 0.4) is 0 Å². The smallest absolute Gasteiger partial charge is 0.410 e. The predicted octanol–water partition coefficient (Wildman–Crippen LogP) is 1.59. The van der Waals surface area contributed by atoms with Crippen LogP contribution in [0.2, 0.25) is 0 Å². The summed E-state index contributed by atoms with van der Waals surface area (Å²) < 4.78 is 10.3. The normalized spacial score (nSPS) is 25.8. The van der Waals surface area contributed by atoms with Crippen LogP contribution in [-0.2, 0) is 9.47 Å². The molecule has 0 radical (unpaired) electrons. The van der Waals surface area contributed by atoms with E-state index in [1.165, 1.54) is 0 Å². The van der Waals surface area contributed by atoms with Crippen LogP contribution in [-0.4, -0.2) is 42.9 Å². The van der Waals surface area contributed by atoms with Gasteiger partial charge in [0.05, 0.1) is 18.8 Å². The third-order valence-electron chi connectivity index (χ3n) is 2.45. The third-order valence-corrected chi connectivity index (χ3v) is 2.45. The average molecular weight is 211 g/mol. The Morgan fingerprint density at radius 2 is 2.40 bits per heavy atom. The molecule has 1 saturated heterocycles. The fraction of sp³-hybridized carbons (Fsp3) is 0.545. The molecule has 84 valence electrons. The Labute approximate surface area is 90.2 Å². The van der Waals surface area contributed by atoms with E-state index in [4.69, 9.17) is 9.47 Å². The average Bonchev–Trinajstić information content (AvgIpc) is 2.26. The maximum Gasteiger partial charge on any atom is 0.410 e. The zero-order valence-corrected chi connectivity index (χ0v) is 9.07. The van der Waals surface area contributed by atoms with Crippen molar-refractivity contribution in [1.82, 2.24) is 4.90 Å². The van der Waals surface area contributed by atoms with Crippen LogP contribution >= 0.6 is 0 Å². The lowest BCUT2D eigenvalue weighted by atomic mass is 10.0. The van der Waals surface area contributed by atoms with Gasteiger partial charge in [-0.25, -0.2) is 4.79 Å². The second-order valence-corrected chi connectivity index (χ2v) is 3.63. The number of hydrogen-bond acceptors (Lipinski definition) is 3. The molecule has 15 heavy (non-hydrogen) atoms. The molecule has 0 saturated carbocycles. The van der Waals surface area contributed by atoms with Gasteiger partial charge in [0, 0.05) is 6.54 Å². The van der Waals surface area contributed by atoms with Crippen molar-refractivity contribution in [2.24, 2.45) is 0 Å². The molecule has 1 unspecified atom stereocenters.